The molecule has 20 heavy (non-hydrogen) atoms. The Morgan fingerprint density at radius 2 is 1.85 bits per heavy atom. The number of nitriles is 1. The van der Waals surface area contributed by atoms with Crippen LogP contribution in [-0.4, -0.2) is 36.5 Å². The molecular formula is C15H22N2O3. The van der Waals surface area contributed by atoms with Crippen LogP contribution in [0.3, 0.4) is 0 Å². The van der Waals surface area contributed by atoms with Crippen molar-refractivity contribution >= 4 is 11.9 Å². The van der Waals surface area contributed by atoms with Gasteiger partial charge in [-0.25, -0.2) is 4.79 Å². The number of nitrogens with zero attached hydrogens (tertiary/aromatic N) is 2. The molecule has 0 aromatic rings. The first kappa shape index (κ1) is 14.8. The molecule has 5 nitrogen and oxygen atoms in total. The monoisotopic (exact) mass is 278 g/mol. The van der Waals surface area contributed by atoms with Crippen molar-refractivity contribution in [1.29, 1.82) is 5.26 Å². The molecule has 5 heteroatoms. The van der Waals surface area contributed by atoms with Crippen LogP contribution in [0.5, 0.6) is 0 Å². The summed E-state index contributed by atoms with van der Waals surface area (Å²) in [6.45, 7) is 0.558. The third-order valence-corrected chi connectivity index (χ3v) is 4.57. The lowest BCUT2D eigenvalue weighted by molar-refractivity contribution is -0.154. The van der Waals surface area contributed by atoms with Crippen LogP contribution in [0.4, 0.5) is 0 Å². The van der Waals surface area contributed by atoms with Crippen LogP contribution in [0.2, 0.25) is 0 Å². The summed E-state index contributed by atoms with van der Waals surface area (Å²) in [6, 6.07) is 1.77. The number of carbonyl (C=O) groups is 2. The number of rotatable bonds is 2. The number of hydrogen-bond acceptors (Lipinski definition) is 4. The molecule has 1 heterocycles. The summed E-state index contributed by atoms with van der Waals surface area (Å²) < 4.78 is 4.78. The number of ether oxygens (including phenoxy) is 1. The van der Waals surface area contributed by atoms with Gasteiger partial charge in [0, 0.05) is 6.54 Å². The molecule has 1 atom stereocenters. The quantitative estimate of drug-likeness (QED) is 0.572. The average Bonchev–Trinajstić information content (AvgIpc) is 2.83. The highest BCUT2D eigenvalue weighted by Crippen LogP contribution is 2.38. The molecule has 1 saturated carbocycles. The molecule has 0 radical (unpaired) electrons. The van der Waals surface area contributed by atoms with E-state index in [0.717, 1.165) is 32.1 Å². The lowest BCUT2D eigenvalue weighted by atomic mass is 9.80. The fourth-order valence-corrected chi connectivity index (χ4v) is 3.37. The Labute approximate surface area is 119 Å². The molecule has 1 amide bonds. The van der Waals surface area contributed by atoms with Gasteiger partial charge >= 0.3 is 5.97 Å². The van der Waals surface area contributed by atoms with Crippen molar-refractivity contribution in [2.45, 2.75) is 57.4 Å². The highest BCUT2D eigenvalue weighted by atomic mass is 16.5. The van der Waals surface area contributed by atoms with Crippen LogP contribution in [0.1, 0.15) is 51.4 Å². The van der Waals surface area contributed by atoms with Crippen molar-refractivity contribution in [3.05, 3.63) is 0 Å². The van der Waals surface area contributed by atoms with Crippen LogP contribution in [0.15, 0.2) is 0 Å². The summed E-state index contributed by atoms with van der Waals surface area (Å²) in [7, 11) is 1.34. The van der Waals surface area contributed by atoms with E-state index in [1.165, 1.54) is 7.11 Å². The maximum absolute atomic E-state index is 12.8. The zero-order chi connectivity index (χ0) is 14.6. The number of likely N-dealkylation sites (tertiary alicyclic amines) is 1. The standard InChI is InChI=1S/C15H22N2O3/c1-20-13(18)12-7-6-10-17(12)14(19)15(11-16)8-4-2-3-5-9-15/h12H,2-10H2,1H3. The number of amides is 1. The maximum atomic E-state index is 12.8. The molecule has 1 aliphatic heterocycles. The minimum absolute atomic E-state index is 0.158. The van der Waals surface area contributed by atoms with Crippen molar-refractivity contribution in [2.24, 2.45) is 5.41 Å². The van der Waals surface area contributed by atoms with Crippen LogP contribution in [0, 0.1) is 16.7 Å². The van der Waals surface area contributed by atoms with Gasteiger partial charge < -0.3 is 9.64 Å². The number of carbonyl (C=O) groups excluding carboxylic acids is 2. The van der Waals surface area contributed by atoms with E-state index in [0.29, 0.717) is 25.8 Å². The largest absolute Gasteiger partial charge is 0.467 e. The van der Waals surface area contributed by atoms with Crippen molar-refractivity contribution in [3.8, 4) is 6.07 Å². The van der Waals surface area contributed by atoms with Gasteiger partial charge in [0.2, 0.25) is 5.91 Å². The van der Waals surface area contributed by atoms with Gasteiger partial charge in [-0.2, -0.15) is 5.26 Å². The predicted octanol–water partition coefficient (Wildman–Crippen LogP) is 2.01. The second-order valence-corrected chi connectivity index (χ2v) is 5.79. The summed E-state index contributed by atoms with van der Waals surface area (Å²) >= 11 is 0. The first-order chi connectivity index (χ1) is 9.64. The SMILES string of the molecule is COC(=O)C1CCCN1C(=O)C1(C#N)CCCCCC1. The fraction of sp³-hybridized carbons (Fsp3) is 0.800. The molecule has 0 aromatic heterocycles. The second kappa shape index (κ2) is 6.25. The molecule has 0 spiro atoms. The third kappa shape index (κ3) is 2.65. The normalized spacial score (nSPS) is 25.6. The predicted molar refractivity (Wildman–Crippen MR) is 72.5 cm³/mol. The fourth-order valence-electron chi connectivity index (χ4n) is 3.37. The van der Waals surface area contributed by atoms with Gasteiger partial charge in [0.05, 0.1) is 13.2 Å². The highest BCUT2D eigenvalue weighted by Gasteiger charge is 2.46. The Bertz CT molecular complexity index is 419. The molecule has 2 fully saturated rings. The van der Waals surface area contributed by atoms with Crippen molar-refractivity contribution in [2.75, 3.05) is 13.7 Å². The minimum atomic E-state index is -0.924. The Balaban J connectivity index is 2.19. The first-order valence-corrected chi connectivity index (χ1v) is 7.45. The van der Waals surface area contributed by atoms with E-state index >= 15 is 0 Å². The van der Waals surface area contributed by atoms with Gasteiger partial charge in [-0.3, -0.25) is 4.79 Å². The van der Waals surface area contributed by atoms with Crippen LogP contribution < -0.4 is 0 Å². The van der Waals surface area contributed by atoms with Crippen molar-refractivity contribution in [3.63, 3.8) is 0 Å². The van der Waals surface area contributed by atoms with Crippen molar-refractivity contribution in [1.82, 2.24) is 4.90 Å². The molecule has 0 aromatic carbocycles. The van der Waals surface area contributed by atoms with Gasteiger partial charge in [-0.1, -0.05) is 25.7 Å². The van der Waals surface area contributed by atoms with E-state index in [2.05, 4.69) is 6.07 Å². The molecule has 2 aliphatic rings. The molecule has 1 unspecified atom stereocenters. The van der Waals surface area contributed by atoms with Gasteiger partial charge in [0.25, 0.3) is 0 Å². The van der Waals surface area contributed by atoms with Crippen LogP contribution >= 0.6 is 0 Å². The number of hydrogen-bond donors (Lipinski definition) is 0. The van der Waals surface area contributed by atoms with E-state index in [-0.39, 0.29) is 11.9 Å². The Morgan fingerprint density at radius 1 is 1.20 bits per heavy atom. The van der Waals surface area contributed by atoms with Gasteiger partial charge in [0.1, 0.15) is 11.5 Å². The summed E-state index contributed by atoms with van der Waals surface area (Å²) in [4.78, 5) is 26.2. The first-order valence-electron chi connectivity index (χ1n) is 7.45. The third-order valence-electron chi connectivity index (χ3n) is 4.57. The zero-order valence-corrected chi connectivity index (χ0v) is 12.1. The molecular weight excluding hydrogens is 256 g/mol. The molecule has 1 saturated heterocycles. The topological polar surface area (TPSA) is 70.4 Å². The minimum Gasteiger partial charge on any atom is -0.467 e. The van der Waals surface area contributed by atoms with E-state index in [1.54, 1.807) is 4.90 Å². The summed E-state index contributed by atoms with van der Waals surface area (Å²) in [5.41, 5.74) is -0.924. The van der Waals surface area contributed by atoms with Gasteiger partial charge in [0.15, 0.2) is 0 Å². The lowest BCUT2D eigenvalue weighted by Crippen LogP contribution is -2.48. The Kier molecular flexibility index (Phi) is 4.64. The Morgan fingerprint density at radius 3 is 2.40 bits per heavy atom. The number of methoxy groups -OCH3 is 1. The maximum Gasteiger partial charge on any atom is 0.328 e. The highest BCUT2D eigenvalue weighted by molar-refractivity contribution is 5.90. The molecule has 1 aliphatic carbocycles. The average molecular weight is 278 g/mol. The van der Waals surface area contributed by atoms with Crippen LogP contribution in [-0.2, 0) is 14.3 Å². The van der Waals surface area contributed by atoms with Gasteiger partial charge in [-0.15, -0.1) is 0 Å². The number of esters is 1. The molecule has 0 bridgehead atoms. The summed E-state index contributed by atoms with van der Waals surface area (Å²) in [5.74, 6) is -0.521. The molecule has 110 valence electrons. The van der Waals surface area contributed by atoms with Crippen molar-refractivity contribution < 1.29 is 14.3 Å². The lowest BCUT2D eigenvalue weighted by Gasteiger charge is -2.31. The van der Waals surface area contributed by atoms with E-state index in [1.807, 2.05) is 0 Å². The van der Waals surface area contributed by atoms with E-state index in [9.17, 15) is 14.9 Å². The van der Waals surface area contributed by atoms with Crippen LogP contribution in [0.25, 0.3) is 0 Å². The summed E-state index contributed by atoms with van der Waals surface area (Å²) in [5, 5.41) is 9.57. The van der Waals surface area contributed by atoms with E-state index < -0.39 is 11.5 Å². The molecule has 2 rings (SSSR count). The summed E-state index contributed by atoms with van der Waals surface area (Å²) in [6.07, 6.45) is 6.66. The Hall–Kier alpha value is -1.57. The second-order valence-electron chi connectivity index (χ2n) is 5.79. The van der Waals surface area contributed by atoms with E-state index in [4.69, 9.17) is 4.74 Å². The molecule has 0 N–H and O–H groups in total. The zero-order valence-electron chi connectivity index (χ0n) is 12.1. The van der Waals surface area contributed by atoms with Gasteiger partial charge in [-0.05, 0) is 25.7 Å². The smallest absolute Gasteiger partial charge is 0.328 e.